The smallest absolute Gasteiger partial charge is 0.322 e. The van der Waals surface area contributed by atoms with Crippen LogP contribution in [0.25, 0.3) is 11.0 Å². The molecule has 0 aliphatic rings. The molecule has 0 radical (unpaired) electrons. The average Bonchev–Trinajstić information content (AvgIpc) is 2.81. The van der Waals surface area contributed by atoms with Crippen LogP contribution in [0.1, 0.15) is 19.7 Å². The Morgan fingerprint density at radius 2 is 2.21 bits per heavy atom. The fraction of sp³-hybridized carbons (Fsp3) is 0.429. The number of carbonyl (C=O) groups excluding carboxylic acids is 1. The molecule has 0 fully saturated rings. The van der Waals surface area contributed by atoms with E-state index in [2.05, 4.69) is 32.6 Å². The normalized spacial score (nSPS) is 12.6. The summed E-state index contributed by atoms with van der Waals surface area (Å²) in [6.07, 6.45) is 0. The Hall–Kier alpha value is -1.88. The van der Waals surface area contributed by atoms with Gasteiger partial charge in [-0.25, -0.2) is 4.98 Å². The maximum atomic E-state index is 11.3. The molecular weight excluding hydrogens is 242 g/mol. The van der Waals surface area contributed by atoms with E-state index in [0.29, 0.717) is 6.54 Å². The Labute approximate surface area is 112 Å². The summed E-state index contributed by atoms with van der Waals surface area (Å²) in [5.41, 5.74) is 2.10. The number of aromatic nitrogens is 2. The summed E-state index contributed by atoms with van der Waals surface area (Å²) >= 11 is 0. The second-order valence-corrected chi connectivity index (χ2v) is 4.39. The van der Waals surface area contributed by atoms with Crippen molar-refractivity contribution in [2.24, 2.45) is 0 Å². The zero-order valence-corrected chi connectivity index (χ0v) is 11.5. The van der Waals surface area contributed by atoms with Crippen LogP contribution in [0.5, 0.6) is 0 Å². The number of ether oxygens (including phenoxy) is 1. The number of benzene rings is 1. The maximum absolute atomic E-state index is 11.3. The van der Waals surface area contributed by atoms with E-state index < -0.39 is 0 Å². The molecule has 1 aromatic heterocycles. The lowest BCUT2D eigenvalue weighted by Gasteiger charge is -2.12. The number of nitrogens with zero attached hydrogens (tertiary/aromatic N) is 2. The predicted octanol–water partition coefficient (Wildman–Crippen LogP) is 1.71. The van der Waals surface area contributed by atoms with Gasteiger partial charge in [0.2, 0.25) is 0 Å². The first kappa shape index (κ1) is 13.5. The summed E-state index contributed by atoms with van der Waals surface area (Å²) in [6, 6.07) is 7.69. The second-order valence-electron chi connectivity index (χ2n) is 4.39. The van der Waals surface area contributed by atoms with Crippen molar-refractivity contribution in [2.75, 3.05) is 7.11 Å². The molecule has 0 aliphatic carbocycles. The Morgan fingerprint density at radius 1 is 1.47 bits per heavy atom. The first-order chi connectivity index (χ1) is 9.17. The molecule has 1 atom stereocenters. The van der Waals surface area contributed by atoms with Gasteiger partial charge in [0.25, 0.3) is 0 Å². The van der Waals surface area contributed by atoms with Gasteiger partial charge in [-0.3, -0.25) is 10.1 Å². The Bertz CT molecular complexity index is 577. The summed E-state index contributed by atoms with van der Waals surface area (Å²) in [5, 5.41) is 3.13. The standard InChI is InChI=1S/C14H19N3O2/c1-4-17-12-8-6-5-7-11(12)16-13(17)9-15-10(2)14(18)19-3/h5-8,10,15H,4,9H2,1-3H3. The average molecular weight is 261 g/mol. The molecule has 1 unspecified atom stereocenters. The van der Waals surface area contributed by atoms with E-state index in [1.54, 1.807) is 6.92 Å². The molecule has 1 N–H and O–H groups in total. The minimum Gasteiger partial charge on any atom is -0.468 e. The van der Waals surface area contributed by atoms with Crippen LogP contribution in [-0.2, 0) is 22.6 Å². The van der Waals surface area contributed by atoms with Crippen LogP contribution in [0.4, 0.5) is 0 Å². The molecule has 0 amide bonds. The molecule has 0 saturated heterocycles. The Kier molecular flexibility index (Phi) is 4.16. The highest BCUT2D eigenvalue weighted by molar-refractivity contribution is 5.76. The van der Waals surface area contributed by atoms with Crippen molar-refractivity contribution in [3.63, 3.8) is 0 Å². The summed E-state index contributed by atoms with van der Waals surface area (Å²) in [4.78, 5) is 15.9. The number of fused-ring (bicyclic) bond motifs is 1. The van der Waals surface area contributed by atoms with Gasteiger partial charge in [0.15, 0.2) is 0 Å². The number of hydrogen-bond donors (Lipinski definition) is 1. The lowest BCUT2D eigenvalue weighted by Crippen LogP contribution is -2.35. The molecule has 0 aliphatic heterocycles. The van der Waals surface area contributed by atoms with E-state index in [1.165, 1.54) is 7.11 Å². The zero-order valence-electron chi connectivity index (χ0n) is 11.5. The SMILES string of the molecule is CCn1c(CNC(C)C(=O)OC)nc2ccccc21. The number of carbonyl (C=O) groups is 1. The number of para-hydroxylation sites is 2. The van der Waals surface area contributed by atoms with Crippen LogP contribution in [0.2, 0.25) is 0 Å². The largest absolute Gasteiger partial charge is 0.468 e. The minimum atomic E-state index is -0.338. The van der Waals surface area contributed by atoms with Crippen LogP contribution in [0.3, 0.4) is 0 Å². The van der Waals surface area contributed by atoms with E-state index in [4.69, 9.17) is 0 Å². The van der Waals surface area contributed by atoms with Gasteiger partial charge in [-0.2, -0.15) is 0 Å². The van der Waals surface area contributed by atoms with Crippen molar-refractivity contribution in [3.8, 4) is 0 Å². The van der Waals surface area contributed by atoms with Crippen molar-refractivity contribution in [3.05, 3.63) is 30.1 Å². The quantitative estimate of drug-likeness (QED) is 0.832. The number of hydrogen-bond acceptors (Lipinski definition) is 4. The minimum absolute atomic E-state index is 0.265. The van der Waals surface area contributed by atoms with Crippen molar-refractivity contribution in [1.29, 1.82) is 0 Å². The number of esters is 1. The lowest BCUT2D eigenvalue weighted by atomic mass is 10.3. The van der Waals surface area contributed by atoms with E-state index >= 15 is 0 Å². The van der Waals surface area contributed by atoms with Gasteiger partial charge in [0.05, 0.1) is 24.7 Å². The Balaban J connectivity index is 2.18. The number of imidazole rings is 1. The monoisotopic (exact) mass is 261 g/mol. The molecule has 5 nitrogen and oxygen atoms in total. The third kappa shape index (κ3) is 2.76. The number of nitrogens with one attached hydrogen (secondary N) is 1. The first-order valence-corrected chi connectivity index (χ1v) is 6.42. The molecule has 0 bridgehead atoms. The third-order valence-electron chi connectivity index (χ3n) is 3.17. The van der Waals surface area contributed by atoms with E-state index in [-0.39, 0.29) is 12.0 Å². The first-order valence-electron chi connectivity index (χ1n) is 6.42. The third-order valence-corrected chi connectivity index (χ3v) is 3.17. The fourth-order valence-corrected chi connectivity index (χ4v) is 2.12. The summed E-state index contributed by atoms with van der Waals surface area (Å²) in [7, 11) is 1.39. The zero-order chi connectivity index (χ0) is 13.8. The van der Waals surface area contributed by atoms with E-state index in [0.717, 1.165) is 23.4 Å². The van der Waals surface area contributed by atoms with Crippen LogP contribution in [0, 0.1) is 0 Å². The van der Waals surface area contributed by atoms with Gasteiger partial charge < -0.3 is 9.30 Å². The molecule has 102 valence electrons. The number of rotatable bonds is 5. The summed E-state index contributed by atoms with van der Waals surface area (Å²) < 4.78 is 6.83. The van der Waals surface area contributed by atoms with Crippen LogP contribution >= 0.6 is 0 Å². The van der Waals surface area contributed by atoms with E-state index in [1.807, 2.05) is 18.2 Å². The molecule has 0 saturated carbocycles. The highest BCUT2D eigenvalue weighted by atomic mass is 16.5. The summed E-state index contributed by atoms with van der Waals surface area (Å²) in [6.45, 7) is 5.26. The Morgan fingerprint density at radius 3 is 2.89 bits per heavy atom. The fourth-order valence-electron chi connectivity index (χ4n) is 2.12. The second kappa shape index (κ2) is 5.84. The van der Waals surface area contributed by atoms with Gasteiger partial charge in [-0.15, -0.1) is 0 Å². The van der Waals surface area contributed by atoms with Crippen molar-refractivity contribution >= 4 is 17.0 Å². The topological polar surface area (TPSA) is 56.2 Å². The van der Waals surface area contributed by atoms with Gasteiger partial charge in [-0.1, -0.05) is 12.1 Å². The van der Waals surface area contributed by atoms with Crippen LogP contribution in [-0.4, -0.2) is 28.7 Å². The molecule has 2 aromatic rings. The van der Waals surface area contributed by atoms with Gasteiger partial charge in [0, 0.05) is 6.54 Å². The molecule has 5 heteroatoms. The van der Waals surface area contributed by atoms with Crippen molar-refractivity contribution in [1.82, 2.24) is 14.9 Å². The van der Waals surface area contributed by atoms with Gasteiger partial charge >= 0.3 is 5.97 Å². The predicted molar refractivity (Wildman–Crippen MR) is 73.7 cm³/mol. The molecule has 0 spiro atoms. The van der Waals surface area contributed by atoms with Crippen LogP contribution < -0.4 is 5.32 Å². The van der Waals surface area contributed by atoms with Gasteiger partial charge in [-0.05, 0) is 26.0 Å². The maximum Gasteiger partial charge on any atom is 0.322 e. The summed E-state index contributed by atoms with van der Waals surface area (Å²) in [5.74, 6) is 0.665. The van der Waals surface area contributed by atoms with E-state index in [9.17, 15) is 4.79 Å². The molecule has 19 heavy (non-hydrogen) atoms. The highest BCUT2D eigenvalue weighted by Gasteiger charge is 2.14. The number of methoxy groups -OCH3 is 1. The van der Waals surface area contributed by atoms with Crippen LogP contribution in [0.15, 0.2) is 24.3 Å². The highest BCUT2D eigenvalue weighted by Crippen LogP contribution is 2.15. The molecule has 1 heterocycles. The molecular formula is C14H19N3O2. The van der Waals surface area contributed by atoms with Crippen molar-refractivity contribution < 1.29 is 9.53 Å². The number of aryl methyl sites for hydroxylation is 1. The van der Waals surface area contributed by atoms with Gasteiger partial charge in [0.1, 0.15) is 11.9 Å². The molecule has 2 rings (SSSR count). The molecule has 1 aromatic carbocycles. The van der Waals surface area contributed by atoms with Crippen molar-refractivity contribution in [2.45, 2.75) is 33.0 Å². The lowest BCUT2D eigenvalue weighted by molar-refractivity contribution is -0.142.